The molecule has 6 nitrogen and oxygen atoms in total. The minimum atomic E-state index is -0.440. The lowest BCUT2D eigenvalue weighted by Crippen LogP contribution is -1.97. The number of aromatic nitrogens is 3. The number of hydrogen-bond donors (Lipinski definition) is 2. The maximum absolute atomic E-state index is 12.1. The molecule has 0 bridgehead atoms. The highest BCUT2D eigenvalue weighted by molar-refractivity contribution is 7.08. The second kappa shape index (κ2) is 5.14. The van der Waals surface area contributed by atoms with E-state index >= 15 is 0 Å². The number of nitrogens with zero attached hydrogens (tertiary/aromatic N) is 2. The molecule has 0 amide bonds. The van der Waals surface area contributed by atoms with Crippen LogP contribution in [-0.4, -0.2) is 26.1 Å². The molecule has 0 spiro atoms. The molecule has 0 aliphatic heterocycles. The summed E-state index contributed by atoms with van der Waals surface area (Å²) in [5, 5.41) is 19.7. The second-order valence-corrected chi connectivity index (χ2v) is 4.68. The quantitative estimate of drug-likeness (QED) is 0.437. The fourth-order valence-electron chi connectivity index (χ4n) is 1.73. The fraction of sp³-hybridized carbons (Fsp3) is 0. The number of furan rings is 1. The van der Waals surface area contributed by atoms with E-state index in [0.717, 1.165) is 11.6 Å². The highest BCUT2D eigenvalue weighted by Crippen LogP contribution is 2.27. The normalized spacial score (nSPS) is 11.7. The molecule has 7 heteroatoms. The summed E-state index contributed by atoms with van der Waals surface area (Å²) in [6.07, 6.45) is 3.74. The predicted molar refractivity (Wildman–Crippen MR) is 73.3 cm³/mol. The highest BCUT2D eigenvalue weighted by Gasteiger charge is 2.17. The van der Waals surface area contributed by atoms with Gasteiger partial charge in [-0.3, -0.25) is 9.89 Å². The second-order valence-electron chi connectivity index (χ2n) is 3.90. The smallest absolute Gasteiger partial charge is 0.225 e. The number of aliphatic hydroxyl groups excluding tert-OH is 1. The van der Waals surface area contributed by atoms with Gasteiger partial charge in [0.2, 0.25) is 5.78 Å². The number of carbonyl (C=O) groups is 1. The van der Waals surface area contributed by atoms with Crippen LogP contribution in [0.5, 0.6) is 0 Å². The number of aliphatic hydroxyl groups is 1. The Bertz CT molecular complexity index is 742. The van der Waals surface area contributed by atoms with E-state index in [4.69, 9.17) is 4.42 Å². The molecule has 0 aromatic carbocycles. The van der Waals surface area contributed by atoms with E-state index in [-0.39, 0.29) is 17.3 Å². The Kier molecular flexibility index (Phi) is 3.18. The van der Waals surface area contributed by atoms with Crippen molar-refractivity contribution in [3.8, 4) is 11.1 Å². The molecule has 0 saturated heterocycles. The lowest BCUT2D eigenvalue weighted by Gasteiger charge is -1.97. The lowest BCUT2D eigenvalue weighted by atomic mass is 10.1. The molecule has 3 aromatic heterocycles. The Hall–Kier alpha value is -2.67. The molecule has 20 heavy (non-hydrogen) atoms. The number of rotatable bonds is 4. The van der Waals surface area contributed by atoms with E-state index in [1.807, 2.05) is 16.8 Å². The van der Waals surface area contributed by atoms with Gasteiger partial charge in [0.1, 0.15) is 6.33 Å². The van der Waals surface area contributed by atoms with E-state index in [1.165, 1.54) is 23.9 Å². The van der Waals surface area contributed by atoms with Gasteiger partial charge >= 0.3 is 0 Å². The fourth-order valence-corrected chi connectivity index (χ4v) is 2.39. The predicted octanol–water partition coefficient (Wildman–Crippen LogP) is 2.91. The Morgan fingerprint density at radius 2 is 2.35 bits per heavy atom. The summed E-state index contributed by atoms with van der Waals surface area (Å²) in [7, 11) is 0. The SMILES string of the molecule is O=C(C=C(O)c1ncn[nH]1)c1occc1-c1ccsc1. The van der Waals surface area contributed by atoms with E-state index in [9.17, 15) is 9.90 Å². The van der Waals surface area contributed by atoms with Gasteiger partial charge in [0.05, 0.1) is 6.26 Å². The lowest BCUT2D eigenvalue weighted by molar-refractivity contribution is 0.102. The summed E-state index contributed by atoms with van der Waals surface area (Å²) in [5.41, 5.74) is 1.59. The molecule has 0 radical (unpaired) electrons. The monoisotopic (exact) mass is 287 g/mol. The van der Waals surface area contributed by atoms with Crippen LogP contribution in [0.2, 0.25) is 0 Å². The summed E-state index contributed by atoms with van der Waals surface area (Å²) in [5.74, 6) is -0.429. The average Bonchev–Trinajstić information content (AvgIpc) is 3.19. The van der Waals surface area contributed by atoms with Gasteiger partial charge < -0.3 is 9.52 Å². The van der Waals surface area contributed by atoms with Gasteiger partial charge in [0.15, 0.2) is 17.3 Å². The number of ketones is 1. The number of allylic oxidation sites excluding steroid dienone is 1. The molecule has 0 fully saturated rings. The first-order valence-electron chi connectivity index (χ1n) is 5.66. The molecule has 3 aromatic rings. The number of nitrogens with one attached hydrogen (secondary N) is 1. The standard InChI is InChI=1S/C13H9N3O3S/c17-10(5-11(18)13-14-7-15-16-13)12-9(1-3-19-12)8-2-4-20-6-8/h1-7,18H,(H,14,15,16). The molecule has 0 aliphatic carbocycles. The molecule has 0 unspecified atom stereocenters. The van der Waals surface area contributed by atoms with E-state index < -0.39 is 5.78 Å². The summed E-state index contributed by atoms with van der Waals surface area (Å²) < 4.78 is 5.22. The first-order chi connectivity index (χ1) is 9.75. The van der Waals surface area contributed by atoms with Gasteiger partial charge in [-0.25, -0.2) is 4.98 Å². The zero-order chi connectivity index (χ0) is 13.9. The van der Waals surface area contributed by atoms with Crippen molar-refractivity contribution in [1.29, 1.82) is 0 Å². The van der Waals surface area contributed by atoms with Crippen LogP contribution in [0, 0.1) is 0 Å². The average molecular weight is 287 g/mol. The van der Waals surface area contributed by atoms with Crippen molar-refractivity contribution in [3.63, 3.8) is 0 Å². The third-order valence-electron chi connectivity index (χ3n) is 2.65. The van der Waals surface area contributed by atoms with Crippen molar-refractivity contribution in [2.24, 2.45) is 0 Å². The van der Waals surface area contributed by atoms with E-state index in [0.29, 0.717) is 5.56 Å². The molecule has 0 aliphatic rings. The first kappa shape index (κ1) is 12.4. The van der Waals surface area contributed by atoms with Crippen LogP contribution >= 0.6 is 11.3 Å². The van der Waals surface area contributed by atoms with Crippen molar-refractivity contribution in [2.75, 3.05) is 0 Å². The summed E-state index contributed by atoms with van der Waals surface area (Å²) in [6.45, 7) is 0. The largest absolute Gasteiger partial charge is 0.504 e. The third-order valence-corrected chi connectivity index (χ3v) is 3.33. The van der Waals surface area contributed by atoms with Crippen molar-refractivity contribution in [1.82, 2.24) is 15.2 Å². The van der Waals surface area contributed by atoms with Crippen LogP contribution < -0.4 is 0 Å². The molecular weight excluding hydrogens is 278 g/mol. The summed E-state index contributed by atoms with van der Waals surface area (Å²) in [4.78, 5) is 15.9. The first-order valence-corrected chi connectivity index (χ1v) is 6.61. The van der Waals surface area contributed by atoms with Crippen LogP contribution in [0.3, 0.4) is 0 Å². The number of H-pyrrole nitrogens is 1. The van der Waals surface area contributed by atoms with Crippen LogP contribution in [0.4, 0.5) is 0 Å². The van der Waals surface area contributed by atoms with Gasteiger partial charge in [-0.15, -0.1) is 0 Å². The number of thiophene rings is 1. The van der Waals surface area contributed by atoms with Crippen LogP contribution in [0.25, 0.3) is 16.9 Å². The van der Waals surface area contributed by atoms with Crippen molar-refractivity contribution < 1.29 is 14.3 Å². The van der Waals surface area contributed by atoms with Crippen molar-refractivity contribution in [2.45, 2.75) is 0 Å². The van der Waals surface area contributed by atoms with E-state index in [1.54, 1.807) is 6.07 Å². The minimum Gasteiger partial charge on any atom is -0.504 e. The molecule has 3 rings (SSSR count). The molecule has 100 valence electrons. The van der Waals surface area contributed by atoms with E-state index in [2.05, 4.69) is 15.2 Å². The molecule has 3 heterocycles. The van der Waals surface area contributed by atoms with Gasteiger partial charge in [-0.1, -0.05) is 0 Å². The van der Waals surface area contributed by atoms with Crippen molar-refractivity contribution in [3.05, 3.63) is 53.1 Å². The Morgan fingerprint density at radius 3 is 3.05 bits per heavy atom. The third kappa shape index (κ3) is 2.26. The molecular formula is C13H9N3O3S. The Balaban J connectivity index is 1.93. The number of hydrogen-bond acceptors (Lipinski definition) is 6. The van der Waals surface area contributed by atoms with Gasteiger partial charge in [-0.05, 0) is 28.5 Å². The molecule has 0 atom stereocenters. The number of aromatic amines is 1. The molecule has 0 saturated carbocycles. The van der Waals surface area contributed by atoms with Crippen LogP contribution in [0.1, 0.15) is 16.4 Å². The van der Waals surface area contributed by atoms with Crippen LogP contribution in [-0.2, 0) is 0 Å². The summed E-state index contributed by atoms with van der Waals surface area (Å²) in [6, 6.07) is 3.61. The highest BCUT2D eigenvalue weighted by atomic mass is 32.1. The van der Waals surface area contributed by atoms with Crippen molar-refractivity contribution >= 4 is 22.9 Å². The Labute approximate surface area is 117 Å². The Morgan fingerprint density at radius 1 is 1.45 bits per heavy atom. The maximum atomic E-state index is 12.1. The van der Waals surface area contributed by atoms with Gasteiger partial charge in [-0.2, -0.15) is 16.4 Å². The maximum Gasteiger partial charge on any atom is 0.225 e. The van der Waals surface area contributed by atoms with Gasteiger partial charge in [0.25, 0.3) is 0 Å². The minimum absolute atomic E-state index is 0.127. The van der Waals surface area contributed by atoms with Gasteiger partial charge in [0, 0.05) is 11.6 Å². The zero-order valence-corrected chi connectivity index (χ0v) is 10.9. The zero-order valence-electron chi connectivity index (χ0n) is 10.1. The number of carbonyl (C=O) groups excluding carboxylic acids is 1. The molecule has 2 N–H and O–H groups in total. The topological polar surface area (TPSA) is 92.0 Å². The summed E-state index contributed by atoms with van der Waals surface area (Å²) >= 11 is 1.53. The van der Waals surface area contributed by atoms with Crippen LogP contribution in [0.15, 0.2) is 46.0 Å².